The molecule has 1 saturated carbocycles. The molecule has 1 amide bonds. The van der Waals surface area contributed by atoms with Gasteiger partial charge in [0.05, 0.1) is 16.4 Å². The van der Waals surface area contributed by atoms with Gasteiger partial charge in [-0.25, -0.2) is 9.37 Å². The van der Waals surface area contributed by atoms with E-state index in [1.54, 1.807) is 12.1 Å². The summed E-state index contributed by atoms with van der Waals surface area (Å²) in [5.41, 5.74) is 2.44. The second-order valence-corrected chi connectivity index (χ2v) is 7.00. The minimum absolute atomic E-state index is 0.0555. The molecular weight excluding hydrogens is 329 g/mol. The molecule has 3 aromatic rings. The van der Waals surface area contributed by atoms with Crippen molar-refractivity contribution in [2.45, 2.75) is 37.5 Å². The SMILES string of the molecule is O=C(NCCCc1nc2ccccc2[nH]1)C1(c2ccc(F)cc2)CCC1. The van der Waals surface area contributed by atoms with Gasteiger partial charge in [0.15, 0.2) is 0 Å². The smallest absolute Gasteiger partial charge is 0.230 e. The van der Waals surface area contributed by atoms with Crippen LogP contribution in [0.3, 0.4) is 0 Å². The Morgan fingerprint density at radius 3 is 2.62 bits per heavy atom. The lowest BCUT2D eigenvalue weighted by Gasteiger charge is -2.40. The van der Waals surface area contributed by atoms with Crippen LogP contribution in [-0.2, 0) is 16.6 Å². The van der Waals surface area contributed by atoms with Gasteiger partial charge in [0, 0.05) is 13.0 Å². The quantitative estimate of drug-likeness (QED) is 0.662. The zero-order valence-corrected chi connectivity index (χ0v) is 14.6. The molecule has 1 aliphatic carbocycles. The van der Waals surface area contributed by atoms with Gasteiger partial charge in [-0.05, 0) is 49.1 Å². The topological polar surface area (TPSA) is 57.8 Å². The lowest BCUT2D eigenvalue weighted by molar-refractivity contribution is -0.129. The summed E-state index contributed by atoms with van der Waals surface area (Å²) in [6.45, 7) is 0.610. The monoisotopic (exact) mass is 351 g/mol. The zero-order valence-electron chi connectivity index (χ0n) is 14.6. The van der Waals surface area contributed by atoms with Crippen LogP contribution in [-0.4, -0.2) is 22.4 Å². The number of carbonyl (C=O) groups is 1. The highest BCUT2D eigenvalue weighted by Gasteiger charge is 2.45. The van der Waals surface area contributed by atoms with Crippen molar-refractivity contribution < 1.29 is 9.18 Å². The van der Waals surface area contributed by atoms with Gasteiger partial charge < -0.3 is 10.3 Å². The van der Waals surface area contributed by atoms with E-state index in [1.165, 1.54) is 12.1 Å². The minimum Gasteiger partial charge on any atom is -0.355 e. The number of hydrogen-bond donors (Lipinski definition) is 2. The number of nitrogens with zero attached hydrogens (tertiary/aromatic N) is 1. The highest BCUT2D eigenvalue weighted by molar-refractivity contribution is 5.89. The average molecular weight is 351 g/mol. The standard InChI is InChI=1S/C21H22FN3O/c22-16-10-8-15(9-11-16)21(12-4-13-21)20(26)23-14-3-7-19-24-17-5-1-2-6-18(17)25-19/h1-2,5-6,8-11H,3-4,7,12-14H2,(H,23,26)(H,24,25). The number of halogens is 1. The molecule has 134 valence electrons. The van der Waals surface area contributed by atoms with Gasteiger partial charge in [-0.15, -0.1) is 0 Å². The van der Waals surface area contributed by atoms with E-state index < -0.39 is 5.41 Å². The molecule has 1 heterocycles. The highest BCUT2D eigenvalue weighted by Crippen LogP contribution is 2.43. The van der Waals surface area contributed by atoms with Crippen LogP contribution < -0.4 is 5.32 Å². The largest absolute Gasteiger partial charge is 0.355 e. The molecule has 0 aliphatic heterocycles. The molecule has 0 saturated heterocycles. The van der Waals surface area contributed by atoms with Crippen molar-refractivity contribution in [3.05, 3.63) is 65.7 Å². The van der Waals surface area contributed by atoms with Crippen LogP contribution in [0, 0.1) is 5.82 Å². The molecule has 0 spiro atoms. The first kappa shape index (κ1) is 16.8. The van der Waals surface area contributed by atoms with E-state index in [2.05, 4.69) is 15.3 Å². The first-order valence-corrected chi connectivity index (χ1v) is 9.15. The Bertz CT molecular complexity index is 879. The highest BCUT2D eigenvalue weighted by atomic mass is 19.1. The van der Waals surface area contributed by atoms with Gasteiger partial charge in [0.25, 0.3) is 0 Å². The molecule has 4 nitrogen and oxygen atoms in total. The number of carbonyl (C=O) groups excluding carboxylic acids is 1. The zero-order chi connectivity index (χ0) is 18.0. The predicted molar refractivity (Wildman–Crippen MR) is 99.4 cm³/mol. The van der Waals surface area contributed by atoms with Crippen LogP contribution >= 0.6 is 0 Å². The molecule has 5 heteroatoms. The van der Waals surface area contributed by atoms with Gasteiger partial charge in [0.1, 0.15) is 11.6 Å². The van der Waals surface area contributed by atoms with Crippen LogP contribution in [0.25, 0.3) is 11.0 Å². The third kappa shape index (κ3) is 3.09. The number of para-hydroxylation sites is 2. The van der Waals surface area contributed by atoms with Gasteiger partial charge >= 0.3 is 0 Å². The Morgan fingerprint density at radius 2 is 1.92 bits per heavy atom. The van der Waals surface area contributed by atoms with E-state index in [9.17, 15) is 9.18 Å². The molecule has 1 aromatic heterocycles. The molecule has 0 unspecified atom stereocenters. The van der Waals surface area contributed by atoms with Crippen LogP contribution in [0.4, 0.5) is 4.39 Å². The fourth-order valence-electron chi connectivity index (χ4n) is 3.70. The lowest BCUT2D eigenvalue weighted by atomic mass is 9.64. The number of imidazole rings is 1. The van der Waals surface area contributed by atoms with Crippen molar-refractivity contribution >= 4 is 16.9 Å². The summed E-state index contributed by atoms with van der Waals surface area (Å²) in [6, 6.07) is 14.3. The Hall–Kier alpha value is -2.69. The summed E-state index contributed by atoms with van der Waals surface area (Å²) < 4.78 is 13.2. The lowest BCUT2D eigenvalue weighted by Crippen LogP contribution is -2.49. The van der Waals surface area contributed by atoms with Gasteiger partial charge in [-0.1, -0.05) is 30.7 Å². The number of H-pyrrole nitrogens is 1. The molecule has 26 heavy (non-hydrogen) atoms. The van der Waals surface area contributed by atoms with Gasteiger partial charge in [-0.2, -0.15) is 0 Å². The number of aromatic amines is 1. The van der Waals surface area contributed by atoms with Crippen LogP contribution in [0.15, 0.2) is 48.5 Å². The molecule has 1 aliphatic rings. The Balaban J connectivity index is 1.33. The molecule has 2 aromatic carbocycles. The Morgan fingerprint density at radius 1 is 1.15 bits per heavy atom. The Kier molecular flexibility index (Phi) is 4.45. The summed E-state index contributed by atoms with van der Waals surface area (Å²) in [7, 11) is 0. The first-order valence-electron chi connectivity index (χ1n) is 9.15. The van der Waals surface area contributed by atoms with Crippen molar-refractivity contribution in [2.75, 3.05) is 6.54 Å². The van der Waals surface area contributed by atoms with Gasteiger partial charge in [0.2, 0.25) is 5.91 Å². The number of aryl methyl sites for hydroxylation is 1. The minimum atomic E-state index is -0.479. The third-order valence-corrected chi connectivity index (χ3v) is 5.35. The van der Waals surface area contributed by atoms with Crippen molar-refractivity contribution in [1.29, 1.82) is 0 Å². The predicted octanol–water partition coefficient (Wildman–Crippen LogP) is 3.87. The van der Waals surface area contributed by atoms with Crippen molar-refractivity contribution in [1.82, 2.24) is 15.3 Å². The summed E-state index contributed by atoms with van der Waals surface area (Å²) in [6.07, 6.45) is 4.30. The first-order chi connectivity index (χ1) is 12.7. The van der Waals surface area contributed by atoms with E-state index in [0.29, 0.717) is 6.54 Å². The summed E-state index contributed by atoms with van der Waals surface area (Å²) in [4.78, 5) is 20.6. The average Bonchev–Trinajstić information content (AvgIpc) is 3.02. The number of benzene rings is 2. The van der Waals surface area contributed by atoms with E-state index in [0.717, 1.165) is 54.5 Å². The van der Waals surface area contributed by atoms with Gasteiger partial charge in [-0.3, -0.25) is 4.79 Å². The normalized spacial score (nSPS) is 15.6. The molecule has 0 bridgehead atoms. The number of rotatable bonds is 6. The maximum absolute atomic E-state index is 13.2. The summed E-state index contributed by atoms with van der Waals surface area (Å²) in [5.74, 6) is 0.728. The van der Waals surface area contributed by atoms with Crippen molar-refractivity contribution in [3.63, 3.8) is 0 Å². The Labute approximate surface area is 151 Å². The van der Waals surface area contributed by atoms with E-state index >= 15 is 0 Å². The molecule has 0 radical (unpaired) electrons. The molecular formula is C21H22FN3O. The summed E-state index contributed by atoms with van der Waals surface area (Å²) >= 11 is 0. The number of aromatic nitrogens is 2. The van der Waals surface area contributed by atoms with E-state index in [1.807, 2.05) is 24.3 Å². The molecule has 4 rings (SSSR count). The molecule has 1 fully saturated rings. The number of nitrogens with one attached hydrogen (secondary N) is 2. The van der Waals surface area contributed by atoms with Crippen molar-refractivity contribution in [2.24, 2.45) is 0 Å². The van der Waals surface area contributed by atoms with Crippen LogP contribution in [0.2, 0.25) is 0 Å². The second kappa shape index (κ2) is 6.90. The molecule has 0 atom stereocenters. The number of hydrogen-bond acceptors (Lipinski definition) is 2. The molecule has 2 N–H and O–H groups in total. The second-order valence-electron chi connectivity index (χ2n) is 7.00. The number of amides is 1. The summed E-state index contributed by atoms with van der Waals surface area (Å²) in [5, 5.41) is 3.07. The van der Waals surface area contributed by atoms with E-state index in [4.69, 9.17) is 0 Å². The van der Waals surface area contributed by atoms with Crippen LogP contribution in [0.1, 0.15) is 37.1 Å². The van der Waals surface area contributed by atoms with Crippen LogP contribution in [0.5, 0.6) is 0 Å². The van der Waals surface area contributed by atoms with Crippen molar-refractivity contribution in [3.8, 4) is 0 Å². The fourth-order valence-corrected chi connectivity index (χ4v) is 3.70. The maximum atomic E-state index is 13.2. The fraction of sp³-hybridized carbons (Fsp3) is 0.333. The van der Waals surface area contributed by atoms with E-state index in [-0.39, 0.29) is 11.7 Å². The third-order valence-electron chi connectivity index (χ3n) is 5.35. The number of fused-ring (bicyclic) bond motifs is 1. The maximum Gasteiger partial charge on any atom is 0.230 e.